The van der Waals surface area contributed by atoms with Gasteiger partial charge in [-0.15, -0.1) is 0 Å². The molecule has 4 nitrogen and oxygen atoms in total. The van der Waals surface area contributed by atoms with Gasteiger partial charge >= 0.3 is 0 Å². The zero-order valence-corrected chi connectivity index (χ0v) is 13.7. The van der Waals surface area contributed by atoms with E-state index in [2.05, 4.69) is 5.32 Å². The SMILES string of the molecule is COc1ccccc1CC(O)(c1cccc(F)c1)C1CNCCO1. The van der Waals surface area contributed by atoms with Crippen molar-refractivity contribution in [3.05, 3.63) is 65.5 Å². The molecule has 1 aliphatic rings. The topological polar surface area (TPSA) is 50.7 Å². The number of rotatable bonds is 5. The van der Waals surface area contributed by atoms with Crippen molar-refractivity contribution >= 4 is 0 Å². The van der Waals surface area contributed by atoms with Gasteiger partial charge in [-0.3, -0.25) is 0 Å². The third-order valence-corrected chi connectivity index (χ3v) is 4.44. The van der Waals surface area contributed by atoms with Gasteiger partial charge in [-0.25, -0.2) is 4.39 Å². The molecular weight excluding hydrogens is 309 g/mol. The van der Waals surface area contributed by atoms with Gasteiger partial charge in [-0.1, -0.05) is 30.3 Å². The Morgan fingerprint density at radius 1 is 1.29 bits per heavy atom. The average Bonchev–Trinajstić information content (AvgIpc) is 2.63. The Balaban J connectivity index is 2.01. The standard InChI is InChI=1S/C19H22FNO3/c1-23-17-8-3-2-5-14(17)12-19(22,18-13-21-9-10-24-18)15-6-4-7-16(20)11-15/h2-8,11,18,21-22H,9-10,12-13H2,1H3. The number of methoxy groups -OCH3 is 1. The largest absolute Gasteiger partial charge is 0.496 e. The summed E-state index contributed by atoms with van der Waals surface area (Å²) in [7, 11) is 1.60. The fourth-order valence-electron chi connectivity index (χ4n) is 3.17. The third kappa shape index (κ3) is 3.43. The summed E-state index contributed by atoms with van der Waals surface area (Å²) in [4.78, 5) is 0. The van der Waals surface area contributed by atoms with E-state index >= 15 is 0 Å². The summed E-state index contributed by atoms with van der Waals surface area (Å²) in [5.41, 5.74) is -0.00695. The molecule has 1 heterocycles. The molecule has 0 saturated carbocycles. The summed E-state index contributed by atoms with van der Waals surface area (Å²) in [6.45, 7) is 1.75. The smallest absolute Gasteiger partial charge is 0.123 e. The van der Waals surface area contributed by atoms with Gasteiger partial charge in [0.2, 0.25) is 0 Å². The Kier molecular flexibility index (Phi) is 5.14. The Hall–Kier alpha value is -1.95. The number of nitrogens with one attached hydrogen (secondary N) is 1. The number of ether oxygens (including phenoxy) is 2. The Bertz CT molecular complexity index is 688. The van der Waals surface area contributed by atoms with Gasteiger partial charge in [-0.2, -0.15) is 0 Å². The lowest BCUT2D eigenvalue weighted by Crippen LogP contribution is -2.52. The second kappa shape index (κ2) is 7.30. The Labute approximate surface area is 141 Å². The van der Waals surface area contributed by atoms with E-state index in [1.807, 2.05) is 24.3 Å². The summed E-state index contributed by atoms with van der Waals surface area (Å²) in [5, 5.41) is 14.7. The van der Waals surface area contributed by atoms with Crippen LogP contribution >= 0.6 is 0 Å². The molecule has 0 bridgehead atoms. The molecule has 2 unspecified atom stereocenters. The molecule has 1 saturated heterocycles. The lowest BCUT2D eigenvalue weighted by atomic mass is 9.81. The second-order valence-electron chi connectivity index (χ2n) is 5.99. The molecule has 128 valence electrons. The number of aliphatic hydroxyl groups is 1. The van der Waals surface area contributed by atoms with Crippen LogP contribution < -0.4 is 10.1 Å². The van der Waals surface area contributed by atoms with Gasteiger partial charge in [0.15, 0.2) is 0 Å². The maximum atomic E-state index is 13.8. The summed E-state index contributed by atoms with van der Waals surface area (Å²) in [6.07, 6.45) is -0.203. The number of hydrogen-bond donors (Lipinski definition) is 2. The van der Waals surface area contributed by atoms with Gasteiger partial charge in [-0.05, 0) is 29.3 Å². The molecular formula is C19H22FNO3. The second-order valence-corrected chi connectivity index (χ2v) is 5.99. The minimum atomic E-state index is -1.36. The van der Waals surface area contributed by atoms with Gasteiger partial charge in [0.25, 0.3) is 0 Å². The molecule has 2 aromatic carbocycles. The first-order chi connectivity index (χ1) is 11.6. The normalized spacial score (nSPS) is 20.4. The van der Waals surface area contributed by atoms with E-state index in [0.29, 0.717) is 24.5 Å². The Morgan fingerprint density at radius 2 is 2.12 bits per heavy atom. The van der Waals surface area contributed by atoms with E-state index in [-0.39, 0.29) is 12.2 Å². The highest BCUT2D eigenvalue weighted by molar-refractivity contribution is 5.37. The first-order valence-corrected chi connectivity index (χ1v) is 8.06. The summed E-state index contributed by atoms with van der Waals surface area (Å²) in [5.74, 6) is 0.311. The molecule has 5 heteroatoms. The van der Waals surface area contributed by atoms with Crippen LogP contribution in [-0.4, -0.2) is 38.0 Å². The summed E-state index contributed by atoms with van der Waals surface area (Å²) in [6, 6.07) is 13.6. The molecule has 0 spiro atoms. The predicted molar refractivity (Wildman–Crippen MR) is 89.6 cm³/mol. The highest BCUT2D eigenvalue weighted by Crippen LogP contribution is 2.35. The van der Waals surface area contributed by atoms with Crippen molar-refractivity contribution < 1.29 is 19.0 Å². The van der Waals surface area contributed by atoms with Crippen LogP contribution in [0, 0.1) is 5.82 Å². The van der Waals surface area contributed by atoms with Crippen molar-refractivity contribution in [2.24, 2.45) is 0 Å². The van der Waals surface area contributed by atoms with E-state index in [0.717, 1.165) is 12.1 Å². The average molecular weight is 331 g/mol. The molecule has 1 fully saturated rings. The van der Waals surface area contributed by atoms with Gasteiger partial charge in [0, 0.05) is 19.5 Å². The van der Waals surface area contributed by atoms with Crippen molar-refractivity contribution in [1.29, 1.82) is 0 Å². The maximum absolute atomic E-state index is 13.8. The molecule has 0 aliphatic carbocycles. The van der Waals surface area contributed by atoms with E-state index in [1.165, 1.54) is 12.1 Å². The van der Waals surface area contributed by atoms with Crippen LogP contribution in [0.5, 0.6) is 5.75 Å². The third-order valence-electron chi connectivity index (χ3n) is 4.44. The minimum Gasteiger partial charge on any atom is -0.496 e. The van der Waals surface area contributed by atoms with Gasteiger partial charge < -0.3 is 19.9 Å². The first kappa shape index (κ1) is 16.9. The maximum Gasteiger partial charge on any atom is 0.123 e. The van der Waals surface area contributed by atoms with E-state index in [1.54, 1.807) is 19.2 Å². The number of hydrogen-bond acceptors (Lipinski definition) is 4. The summed E-state index contributed by atoms with van der Waals surface area (Å²) < 4.78 is 25.0. The molecule has 0 radical (unpaired) electrons. The van der Waals surface area contributed by atoms with Crippen molar-refractivity contribution in [3.63, 3.8) is 0 Å². The van der Waals surface area contributed by atoms with Crippen LogP contribution in [0.4, 0.5) is 4.39 Å². The highest BCUT2D eigenvalue weighted by atomic mass is 19.1. The van der Waals surface area contributed by atoms with Crippen molar-refractivity contribution in [2.45, 2.75) is 18.1 Å². The number of para-hydroxylation sites is 1. The number of morpholine rings is 1. The zero-order chi connectivity index (χ0) is 17.0. The lowest BCUT2D eigenvalue weighted by Gasteiger charge is -2.39. The Morgan fingerprint density at radius 3 is 2.83 bits per heavy atom. The minimum absolute atomic E-state index is 0.271. The summed E-state index contributed by atoms with van der Waals surface area (Å²) >= 11 is 0. The molecule has 0 amide bonds. The van der Waals surface area contributed by atoms with Crippen LogP contribution in [0.15, 0.2) is 48.5 Å². The van der Waals surface area contributed by atoms with Crippen LogP contribution in [0.25, 0.3) is 0 Å². The molecule has 2 N–H and O–H groups in total. The predicted octanol–water partition coefficient (Wildman–Crippen LogP) is 2.25. The molecule has 0 aromatic heterocycles. The van der Waals surface area contributed by atoms with Crippen molar-refractivity contribution in [2.75, 3.05) is 26.8 Å². The molecule has 2 aromatic rings. The number of halogens is 1. The fraction of sp³-hybridized carbons (Fsp3) is 0.368. The van der Waals surface area contributed by atoms with Crippen LogP contribution in [0.2, 0.25) is 0 Å². The van der Waals surface area contributed by atoms with Crippen molar-refractivity contribution in [1.82, 2.24) is 5.32 Å². The van der Waals surface area contributed by atoms with E-state index in [4.69, 9.17) is 9.47 Å². The molecule has 1 aliphatic heterocycles. The van der Waals surface area contributed by atoms with Gasteiger partial charge in [0.1, 0.15) is 23.3 Å². The fourth-order valence-corrected chi connectivity index (χ4v) is 3.17. The molecule has 24 heavy (non-hydrogen) atoms. The van der Waals surface area contributed by atoms with Gasteiger partial charge in [0.05, 0.1) is 13.7 Å². The van der Waals surface area contributed by atoms with Crippen LogP contribution in [0.3, 0.4) is 0 Å². The molecule has 2 atom stereocenters. The first-order valence-electron chi connectivity index (χ1n) is 8.06. The highest BCUT2D eigenvalue weighted by Gasteiger charge is 2.41. The zero-order valence-electron chi connectivity index (χ0n) is 13.7. The van der Waals surface area contributed by atoms with E-state index in [9.17, 15) is 9.50 Å². The number of benzene rings is 2. The molecule has 3 rings (SSSR count). The van der Waals surface area contributed by atoms with Crippen LogP contribution in [0.1, 0.15) is 11.1 Å². The quantitative estimate of drug-likeness (QED) is 0.882. The monoisotopic (exact) mass is 331 g/mol. The van der Waals surface area contributed by atoms with Crippen LogP contribution in [-0.2, 0) is 16.8 Å². The van der Waals surface area contributed by atoms with E-state index < -0.39 is 11.7 Å². The van der Waals surface area contributed by atoms with Crippen molar-refractivity contribution in [3.8, 4) is 5.75 Å². The lowest BCUT2D eigenvalue weighted by molar-refractivity contribution is -0.124.